The van der Waals surface area contributed by atoms with Gasteiger partial charge in [0.15, 0.2) is 0 Å². The maximum atomic E-state index is 5.50. The first-order chi connectivity index (χ1) is 7.86. The molecule has 0 spiro atoms. The molecule has 0 amide bonds. The largest absolute Gasteiger partial charge is 0.478 e. The van der Waals surface area contributed by atoms with Gasteiger partial charge in [0.25, 0.3) is 0 Å². The molecular formula is C12H15N3O. The number of pyridine rings is 1. The van der Waals surface area contributed by atoms with Crippen molar-refractivity contribution >= 4 is 0 Å². The van der Waals surface area contributed by atoms with Crippen molar-refractivity contribution < 1.29 is 4.74 Å². The van der Waals surface area contributed by atoms with E-state index in [1.165, 1.54) is 0 Å². The number of aromatic nitrogens is 3. The molecule has 0 saturated carbocycles. The monoisotopic (exact) mass is 217 g/mol. The summed E-state index contributed by atoms with van der Waals surface area (Å²) in [6.45, 7) is 2.70. The van der Waals surface area contributed by atoms with Crippen LogP contribution in [0.2, 0.25) is 0 Å². The van der Waals surface area contributed by atoms with E-state index in [2.05, 4.69) is 15.0 Å². The second-order valence-corrected chi connectivity index (χ2v) is 3.59. The summed E-state index contributed by atoms with van der Waals surface area (Å²) in [5.74, 6) is 0.682. The maximum Gasteiger partial charge on any atom is 0.213 e. The second-order valence-electron chi connectivity index (χ2n) is 3.59. The Balaban J connectivity index is 1.72. The predicted molar refractivity (Wildman–Crippen MR) is 61.4 cm³/mol. The van der Waals surface area contributed by atoms with Crippen LogP contribution in [0.3, 0.4) is 0 Å². The zero-order valence-corrected chi connectivity index (χ0v) is 9.31. The van der Waals surface area contributed by atoms with Gasteiger partial charge in [0.05, 0.1) is 18.6 Å². The topological polar surface area (TPSA) is 50.8 Å². The fourth-order valence-corrected chi connectivity index (χ4v) is 1.49. The van der Waals surface area contributed by atoms with Crippen molar-refractivity contribution in [2.24, 2.45) is 0 Å². The van der Waals surface area contributed by atoms with Gasteiger partial charge < -0.3 is 9.72 Å². The Bertz CT molecular complexity index is 425. The third-order valence-corrected chi connectivity index (χ3v) is 2.38. The lowest BCUT2D eigenvalue weighted by Crippen LogP contribution is -2.01. The third-order valence-electron chi connectivity index (χ3n) is 2.38. The van der Waals surface area contributed by atoms with E-state index < -0.39 is 0 Å². The van der Waals surface area contributed by atoms with Gasteiger partial charge in [0, 0.05) is 18.0 Å². The van der Waals surface area contributed by atoms with Crippen molar-refractivity contribution in [1.29, 1.82) is 0 Å². The Labute approximate surface area is 94.7 Å². The molecule has 0 atom stereocenters. The Morgan fingerprint density at radius 1 is 1.31 bits per heavy atom. The van der Waals surface area contributed by atoms with Gasteiger partial charge in [-0.2, -0.15) is 0 Å². The van der Waals surface area contributed by atoms with Crippen LogP contribution in [0.1, 0.15) is 17.8 Å². The van der Waals surface area contributed by atoms with E-state index in [4.69, 9.17) is 4.74 Å². The van der Waals surface area contributed by atoms with Crippen molar-refractivity contribution in [2.75, 3.05) is 6.61 Å². The molecule has 1 N–H and O–H groups in total. The van der Waals surface area contributed by atoms with Gasteiger partial charge in [-0.05, 0) is 25.8 Å². The van der Waals surface area contributed by atoms with E-state index >= 15 is 0 Å². The quantitative estimate of drug-likeness (QED) is 0.780. The third kappa shape index (κ3) is 2.82. The highest BCUT2D eigenvalue weighted by atomic mass is 16.5. The van der Waals surface area contributed by atoms with Crippen LogP contribution >= 0.6 is 0 Å². The fraction of sp³-hybridized carbons (Fsp3) is 0.333. The molecule has 2 heterocycles. The zero-order valence-electron chi connectivity index (χ0n) is 9.31. The van der Waals surface area contributed by atoms with E-state index in [0.717, 1.165) is 24.2 Å². The number of rotatable bonds is 5. The first kappa shape index (κ1) is 10.7. The first-order valence-corrected chi connectivity index (χ1v) is 5.39. The standard InChI is InChI=1S/C12H15N3O/c1-10-11(15-9-14-10)5-4-8-16-12-6-2-3-7-13-12/h2-3,6-7,9H,4-5,8H2,1H3,(H,14,15). The summed E-state index contributed by atoms with van der Waals surface area (Å²) in [6, 6.07) is 5.65. The summed E-state index contributed by atoms with van der Waals surface area (Å²) in [7, 11) is 0. The molecule has 0 unspecified atom stereocenters. The minimum Gasteiger partial charge on any atom is -0.478 e. The lowest BCUT2D eigenvalue weighted by molar-refractivity contribution is 0.299. The van der Waals surface area contributed by atoms with Crippen LogP contribution in [0.5, 0.6) is 5.88 Å². The highest BCUT2D eigenvalue weighted by molar-refractivity contribution is 5.10. The predicted octanol–water partition coefficient (Wildman–Crippen LogP) is 2.12. The number of nitrogens with zero attached hydrogens (tertiary/aromatic N) is 2. The van der Waals surface area contributed by atoms with Crippen LogP contribution in [0.25, 0.3) is 0 Å². The zero-order chi connectivity index (χ0) is 11.2. The number of aromatic amines is 1. The molecule has 0 radical (unpaired) electrons. The van der Waals surface area contributed by atoms with E-state index in [9.17, 15) is 0 Å². The van der Waals surface area contributed by atoms with Gasteiger partial charge >= 0.3 is 0 Å². The van der Waals surface area contributed by atoms with Crippen LogP contribution in [-0.4, -0.2) is 21.6 Å². The highest BCUT2D eigenvalue weighted by Crippen LogP contribution is 2.06. The SMILES string of the molecule is Cc1[nH]cnc1CCCOc1ccccn1. The van der Waals surface area contributed by atoms with Crippen LogP contribution in [0.15, 0.2) is 30.7 Å². The number of hydrogen-bond donors (Lipinski definition) is 1. The molecule has 4 nitrogen and oxygen atoms in total. The van der Waals surface area contributed by atoms with Crippen LogP contribution in [0.4, 0.5) is 0 Å². The Kier molecular flexibility index (Phi) is 3.53. The average Bonchev–Trinajstić information content (AvgIpc) is 2.72. The Morgan fingerprint density at radius 2 is 2.25 bits per heavy atom. The number of imidazole rings is 1. The first-order valence-electron chi connectivity index (χ1n) is 5.39. The number of nitrogens with one attached hydrogen (secondary N) is 1. The minimum absolute atomic E-state index is 0.670. The highest BCUT2D eigenvalue weighted by Gasteiger charge is 2.00. The summed E-state index contributed by atoms with van der Waals surface area (Å²) in [5, 5.41) is 0. The van der Waals surface area contributed by atoms with Gasteiger partial charge in [-0.3, -0.25) is 0 Å². The van der Waals surface area contributed by atoms with Crippen molar-refractivity contribution in [2.45, 2.75) is 19.8 Å². The van der Waals surface area contributed by atoms with Crippen molar-refractivity contribution in [3.63, 3.8) is 0 Å². The maximum absolute atomic E-state index is 5.50. The lowest BCUT2D eigenvalue weighted by atomic mass is 10.2. The van der Waals surface area contributed by atoms with Crippen LogP contribution in [-0.2, 0) is 6.42 Å². The molecule has 0 aliphatic carbocycles. The smallest absolute Gasteiger partial charge is 0.213 e. The van der Waals surface area contributed by atoms with Gasteiger partial charge in [-0.25, -0.2) is 9.97 Å². The molecule has 4 heteroatoms. The number of hydrogen-bond acceptors (Lipinski definition) is 3. The summed E-state index contributed by atoms with van der Waals surface area (Å²) < 4.78 is 5.50. The van der Waals surface area contributed by atoms with E-state index in [1.54, 1.807) is 12.5 Å². The van der Waals surface area contributed by atoms with E-state index in [1.807, 2.05) is 25.1 Å². The Morgan fingerprint density at radius 3 is 2.94 bits per heavy atom. The van der Waals surface area contributed by atoms with Crippen LogP contribution in [0, 0.1) is 6.92 Å². The van der Waals surface area contributed by atoms with Crippen LogP contribution < -0.4 is 4.74 Å². The van der Waals surface area contributed by atoms with Gasteiger partial charge in [0.1, 0.15) is 0 Å². The molecule has 0 saturated heterocycles. The molecular weight excluding hydrogens is 202 g/mol. The molecule has 0 fully saturated rings. The summed E-state index contributed by atoms with van der Waals surface area (Å²) >= 11 is 0. The summed E-state index contributed by atoms with van der Waals surface area (Å²) in [5.41, 5.74) is 2.25. The number of ether oxygens (including phenoxy) is 1. The summed E-state index contributed by atoms with van der Waals surface area (Å²) in [6.07, 6.45) is 5.34. The molecule has 2 aromatic heterocycles. The molecule has 0 aliphatic heterocycles. The van der Waals surface area contributed by atoms with Crippen molar-refractivity contribution in [3.05, 3.63) is 42.1 Å². The minimum atomic E-state index is 0.670. The van der Waals surface area contributed by atoms with Crippen molar-refractivity contribution in [3.8, 4) is 5.88 Å². The summed E-state index contributed by atoms with van der Waals surface area (Å²) in [4.78, 5) is 11.4. The Hall–Kier alpha value is -1.84. The lowest BCUT2D eigenvalue weighted by Gasteiger charge is -2.03. The molecule has 0 aliphatic rings. The fourth-order valence-electron chi connectivity index (χ4n) is 1.49. The second kappa shape index (κ2) is 5.30. The molecule has 0 bridgehead atoms. The molecule has 2 aromatic rings. The van der Waals surface area contributed by atoms with Crippen molar-refractivity contribution in [1.82, 2.24) is 15.0 Å². The molecule has 16 heavy (non-hydrogen) atoms. The van der Waals surface area contributed by atoms with Gasteiger partial charge in [-0.15, -0.1) is 0 Å². The number of H-pyrrole nitrogens is 1. The average molecular weight is 217 g/mol. The molecule has 84 valence electrons. The van der Waals surface area contributed by atoms with Gasteiger partial charge in [0.2, 0.25) is 5.88 Å². The van der Waals surface area contributed by atoms with Gasteiger partial charge in [-0.1, -0.05) is 6.07 Å². The van der Waals surface area contributed by atoms with E-state index in [0.29, 0.717) is 12.5 Å². The van der Waals surface area contributed by atoms with E-state index in [-0.39, 0.29) is 0 Å². The number of aryl methyl sites for hydroxylation is 2. The normalized spacial score (nSPS) is 10.3. The molecule has 0 aromatic carbocycles. The molecule has 2 rings (SSSR count).